The van der Waals surface area contributed by atoms with Gasteiger partial charge in [-0.1, -0.05) is 18.2 Å². The molecule has 138 valence electrons. The number of ether oxygens (including phenoxy) is 1. The Kier molecular flexibility index (Phi) is 5.99. The Morgan fingerprint density at radius 2 is 1.78 bits per heavy atom. The molecule has 0 aliphatic carbocycles. The molecular weight excluding hydrogens is 342 g/mol. The van der Waals surface area contributed by atoms with Crippen LogP contribution in [0.4, 0.5) is 5.69 Å². The second-order valence-electron chi connectivity index (χ2n) is 6.01. The molecule has 6 nitrogen and oxygen atoms in total. The van der Waals surface area contributed by atoms with Gasteiger partial charge in [0.15, 0.2) is 11.6 Å². The van der Waals surface area contributed by atoms with E-state index >= 15 is 0 Å². The molecule has 2 aromatic carbocycles. The molecule has 0 aliphatic rings. The number of nitrogens with one attached hydrogen (secondary N) is 1. The monoisotopic (exact) mass is 363 g/mol. The van der Waals surface area contributed by atoms with E-state index in [9.17, 15) is 9.59 Å². The first-order valence-corrected chi connectivity index (χ1v) is 8.73. The van der Waals surface area contributed by atoms with Crippen LogP contribution in [0.25, 0.3) is 5.69 Å². The number of aromatic nitrogens is 2. The molecule has 0 atom stereocenters. The molecule has 1 amide bonds. The molecule has 3 aromatic rings. The van der Waals surface area contributed by atoms with Crippen molar-refractivity contribution in [1.29, 1.82) is 0 Å². The average Bonchev–Trinajstić information content (AvgIpc) is 3.19. The third kappa shape index (κ3) is 4.82. The van der Waals surface area contributed by atoms with E-state index in [0.29, 0.717) is 17.9 Å². The summed E-state index contributed by atoms with van der Waals surface area (Å²) in [6.45, 7) is 0. The molecule has 27 heavy (non-hydrogen) atoms. The van der Waals surface area contributed by atoms with E-state index in [0.717, 1.165) is 11.4 Å². The fraction of sp³-hybridized carbons (Fsp3) is 0.190. The Balaban J connectivity index is 1.51. The zero-order chi connectivity index (χ0) is 19.1. The van der Waals surface area contributed by atoms with Crippen molar-refractivity contribution in [1.82, 2.24) is 9.55 Å². The first-order chi connectivity index (χ1) is 13.2. The predicted molar refractivity (Wildman–Crippen MR) is 103 cm³/mol. The topological polar surface area (TPSA) is 73.2 Å². The summed E-state index contributed by atoms with van der Waals surface area (Å²) in [5.74, 6) is 0.907. The molecule has 0 unspecified atom stereocenters. The molecule has 1 heterocycles. The summed E-state index contributed by atoms with van der Waals surface area (Å²) < 4.78 is 6.85. The van der Waals surface area contributed by atoms with E-state index in [1.54, 1.807) is 48.3 Å². The van der Waals surface area contributed by atoms with Crippen LogP contribution in [0.2, 0.25) is 0 Å². The zero-order valence-electron chi connectivity index (χ0n) is 15.1. The molecule has 1 aromatic heterocycles. The predicted octanol–water partition coefficient (Wildman–Crippen LogP) is 3.87. The van der Waals surface area contributed by atoms with Crippen LogP contribution in [0.1, 0.15) is 29.9 Å². The number of nitrogens with zero attached hydrogens (tertiary/aromatic N) is 2. The number of hydrogen-bond acceptors (Lipinski definition) is 4. The van der Waals surface area contributed by atoms with Gasteiger partial charge < -0.3 is 10.1 Å². The number of methoxy groups -OCH3 is 1. The van der Waals surface area contributed by atoms with Crippen LogP contribution in [0.15, 0.2) is 67.0 Å². The second-order valence-corrected chi connectivity index (χ2v) is 6.01. The first kappa shape index (κ1) is 18.4. The van der Waals surface area contributed by atoms with Crippen molar-refractivity contribution in [2.45, 2.75) is 19.3 Å². The van der Waals surface area contributed by atoms with Gasteiger partial charge in [0.2, 0.25) is 5.91 Å². The maximum Gasteiger partial charge on any atom is 0.224 e. The third-order valence-corrected chi connectivity index (χ3v) is 4.11. The van der Waals surface area contributed by atoms with E-state index in [2.05, 4.69) is 10.3 Å². The van der Waals surface area contributed by atoms with E-state index in [1.807, 2.05) is 30.3 Å². The molecule has 0 bridgehead atoms. The standard InChI is InChI=1S/C21H21N3O3/c1-27-18-12-10-16(11-13-18)23-20(26)9-5-8-19(25)21-22-14-15-24(21)17-6-3-2-4-7-17/h2-4,6-7,10-15H,5,8-9H2,1H3,(H,23,26). The van der Waals surface area contributed by atoms with Crippen molar-refractivity contribution < 1.29 is 14.3 Å². The third-order valence-electron chi connectivity index (χ3n) is 4.11. The summed E-state index contributed by atoms with van der Waals surface area (Å²) in [4.78, 5) is 28.7. The molecule has 0 aliphatic heterocycles. The van der Waals surface area contributed by atoms with Crippen molar-refractivity contribution in [2.24, 2.45) is 0 Å². The van der Waals surface area contributed by atoms with Crippen LogP contribution < -0.4 is 10.1 Å². The van der Waals surface area contributed by atoms with Gasteiger partial charge in [0.25, 0.3) is 0 Å². The lowest BCUT2D eigenvalue weighted by atomic mass is 10.1. The van der Waals surface area contributed by atoms with Gasteiger partial charge in [-0.15, -0.1) is 0 Å². The van der Waals surface area contributed by atoms with Gasteiger partial charge in [-0.2, -0.15) is 0 Å². The van der Waals surface area contributed by atoms with Gasteiger partial charge in [-0.05, 0) is 42.8 Å². The molecule has 0 fully saturated rings. The fourth-order valence-electron chi connectivity index (χ4n) is 2.73. The van der Waals surface area contributed by atoms with Gasteiger partial charge in [-0.25, -0.2) is 4.98 Å². The Hall–Kier alpha value is -3.41. The summed E-state index contributed by atoms with van der Waals surface area (Å²) in [6.07, 6.45) is 4.36. The Morgan fingerprint density at radius 3 is 2.48 bits per heavy atom. The molecule has 1 N–H and O–H groups in total. The van der Waals surface area contributed by atoms with Crippen molar-refractivity contribution in [3.63, 3.8) is 0 Å². The van der Waals surface area contributed by atoms with Crippen LogP contribution >= 0.6 is 0 Å². The number of anilines is 1. The number of imidazole rings is 1. The minimum Gasteiger partial charge on any atom is -0.497 e. The van der Waals surface area contributed by atoms with Crippen molar-refractivity contribution in [3.8, 4) is 11.4 Å². The van der Waals surface area contributed by atoms with E-state index in [1.165, 1.54) is 0 Å². The summed E-state index contributed by atoms with van der Waals surface area (Å²) in [6, 6.07) is 16.7. The minimum absolute atomic E-state index is 0.0823. The second kappa shape index (κ2) is 8.80. The minimum atomic E-state index is -0.126. The number of Topliss-reactive ketones (excluding diaryl/α,β-unsaturated/α-hetero) is 1. The number of ketones is 1. The first-order valence-electron chi connectivity index (χ1n) is 8.73. The Labute approximate surface area is 157 Å². The normalized spacial score (nSPS) is 10.4. The van der Waals surface area contributed by atoms with E-state index in [-0.39, 0.29) is 24.5 Å². The van der Waals surface area contributed by atoms with Crippen LogP contribution in [0, 0.1) is 0 Å². The summed E-state index contributed by atoms with van der Waals surface area (Å²) in [5, 5.41) is 2.81. The maximum absolute atomic E-state index is 12.5. The number of hydrogen-bond donors (Lipinski definition) is 1. The van der Waals surface area contributed by atoms with Crippen molar-refractivity contribution >= 4 is 17.4 Å². The van der Waals surface area contributed by atoms with Gasteiger partial charge in [0.1, 0.15) is 5.75 Å². The lowest BCUT2D eigenvalue weighted by Crippen LogP contribution is -2.13. The van der Waals surface area contributed by atoms with Crippen LogP contribution in [-0.4, -0.2) is 28.4 Å². The molecule has 6 heteroatoms. The quantitative estimate of drug-likeness (QED) is 0.617. The number of carbonyl (C=O) groups is 2. The number of rotatable bonds is 8. The molecule has 0 radical (unpaired) electrons. The highest BCUT2D eigenvalue weighted by molar-refractivity contribution is 5.94. The summed E-state index contributed by atoms with van der Waals surface area (Å²) >= 11 is 0. The summed E-state index contributed by atoms with van der Waals surface area (Å²) in [5.41, 5.74) is 1.59. The highest BCUT2D eigenvalue weighted by Crippen LogP contribution is 2.16. The highest BCUT2D eigenvalue weighted by atomic mass is 16.5. The van der Waals surface area contributed by atoms with E-state index < -0.39 is 0 Å². The lowest BCUT2D eigenvalue weighted by Gasteiger charge is -2.08. The zero-order valence-corrected chi connectivity index (χ0v) is 15.1. The lowest BCUT2D eigenvalue weighted by molar-refractivity contribution is -0.116. The average molecular weight is 363 g/mol. The summed E-state index contributed by atoms with van der Waals surface area (Å²) in [7, 11) is 1.59. The Morgan fingerprint density at radius 1 is 1.04 bits per heavy atom. The maximum atomic E-state index is 12.5. The molecule has 0 spiro atoms. The SMILES string of the molecule is COc1ccc(NC(=O)CCCC(=O)c2nccn2-c2ccccc2)cc1. The number of benzene rings is 2. The van der Waals surface area contributed by atoms with Gasteiger partial charge >= 0.3 is 0 Å². The van der Waals surface area contributed by atoms with Gasteiger partial charge in [-0.3, -0.25) is 14.2 Å². The fourth-order valence-corrected chi connectivity index (χ4v) is 2.73. The molecule has 0 saturated heterocycles. The van der Waals surface area contributed by atoms with Crippen LogP contribution in [0.3, 0.4) is 0 Å². The highest BCUT2D eigenvalue weighted by Gasteiger charge is 2.14. The molecule has 0 saturated carbocycles. The molecular formula is C21H21N3O3. The van der Waals surface area contributed by atoms with Crippen LogP contribution in [0.5, 0.6) is 5.75 Å². The van der Waals surface area contributed by atoms with Crippen LogP contribution in [-0.2, 0) is 4.79 Å². The van der Waals surface area contributed by atoms with E-state index in [4.69, 9.17) is 4.74 Å². The Bertz CT molecular complexity index is 902. The number of para-hydroxylation sites is 1. The van der Waals surface area contributed by atoms with Crippen molar-refractivity contribution in [3.05, 3.63) is 72.8 Å². The smallest absolute Gasteiger partial charge is 0.224 e. The largest absolute Gasteiger partial charge is 0.497 e. The van der Waals surface area contributed by atoms with Crippen molar-refractivity contribution in [2.75, 3.05) is 12.4 Å². The number of carbonyl (C=O) groups excluding carboxylic acids is 2. The number of amides is 1. The van der Waals surface area contributed by atoms with Gasteiger partial charge in [0.05, 0.1) is 7.11 Å². The van der Waals surface area contributed by atoms with Gasteiger partial charge in [0, 0.05) is 36.6 Å². The molecule has 3 rings (SSSR count).